The van der Waals surface area contributed by atoms with Crippen molar-refractivity contribution in [1.82, 2.24) is 19.6 Å². The van der Waals surface area contributed by atoms with Gasteiger partial charge in [-0.25, -0.2) is 4.98 Å². The van der Waals surface area contributed by atoms with Crippen molar-refractivity contribution in [1.29, 1.82) is 0 Å². The van der Waals surface area contributed by atoms with Gasteiger partial charge in [0.15, 0.2) is 0 Å². The van der Waals surface area contributed by atoms with E-state index in [9.17, 15) is 4.79 Å². The molecule has 9 heteroatoms. The number of benzene rings is 1. The van der Waals surface area contributed by atoms with Gasteiger partial charge in [-0.15, -0.1) is 0 Å². The van der Waals surface area contributed by atoms with Gasteiger partial charge in [0, 0.05) is 31.5 Å². The maximum atomic E-state index is 13.1. The molecule has 46 heavy (non-hydrogen) atoms. The number of hydrogen-bond donors (Lipinski definition) is 1. The Bertz CT molecular complexity index is 1670. The first-order valence-corrected chi connectivity index (χ1v) is 20.1. The topological polar surface area (TPSA) is 68.1 Å². The molecule has 1 radical (unpaired) electrons. The highest BCUT2D eigenvalue weighted by molar-refractivity contribution is 8.04. The first-order valence-electron chi connectivity index (χ1n) is 16.9. The highest BCUT2D eigenvalue weighted by atomic mass is 32.2. The summed E-state index contributed by atoms with van der Waals surface area (Å²) in [5.41, 5.74) is 8.38. The fourth-order valence-electron chi connectivity index (χ4n) is 7.78. The van der Waals surface area contributed by atoms with Crippen LogP contribution in [0.2, 0.25) is 13.1 Å². The second-order valence-electron chi connectivity index (χ2n) is 15.0. The van der Waals surface area contributed by atoms with Crippen LogP contribution in [-0.4, -0.2) is 67.1 Å². The minimum absolute atomic E-state index is 0.00808. The summed E-state index contributed by atoms with van der Waals surface area (Å²) in [7, 11) is -0.904. The monoisotopic (exact) mass is 659 g/mol. The zero-order chi connectivity index (χ0) is 33.0. The number of nitrogens with one attached hydrogen (secondary N) is 1. The van der Waals surface area contributed by atoms with Gasteiger partial charge >= 0.3 is 0 Å². The minimum Gasteiger partial charge on any atom is -0.484 e. The molecule has 3 aromatic rings. The molecule has 3 aliphatic heterocycles. The number of imidazole rings is 1. The number of carbonyl (C=O) groups is 1. The van der Waals surface area contributed by atoms with Gasteiger partial charge in [-0.05, 0) is 119 Å². The van der Waals surface area contributed by atoms with Crippen LogP contribution in [0.5, 0.6) is 5.75 Å². The lowest BCUT2D eigenvalue weighted by molar-refractivity contribution is -0.117. The van der Waals surface area contributed by atoms with Crippen molar-refractivity contribution in [3.63, 3.8) is 0 Å². The summed E-state index contributed by atoms with van der Waals surface area (Å²) in [4.78, 5) is 20.9. The lowest BCUT2D eigenvalue weighted by Crippen LogP contribution is -2.54. The van der Waals surface area contributed by atoms with E-state index in [2.05, 4.69) is 81.2 Å². The van der Waals surface area contributed by atoms with Crippen LogP contribution in [-0.2, 0) is 21.1 Å². The summed E-state index contributed by atoms with van der Waals surface area (Å²) in [5.74, 6) is 1.59. The van der Waals surface area contributed by atoms with Crippen LogP contribution in [0.15, 0.2) is 34.3 Å². The molecule has 7 nitrogen and oxygen atoms in total. The molecule has 2 atom stereocenters. The van der Waals surface area contributed by atoms with Gasteiger partial charge < -0.3 is 19.4 Å². The fourth-order valence-corrected chi connectivity index (χ4v) is 9.68. The van der Waals surface area contributed by atoms with E-state index in [1.807, 2.05) is 30.5 Å². The van der Waals surface area contributed by atoms with E-state index in [0.717, 1.165) is 72.3 Å². The second kappa shape index (κ2) is 12.8. The maximum absolute atomic E-state index is 13.1. The van der Waals surface area contributed by atoms with Crippen molar-refractivity contribution in [2.45, 2.75) is 109 Å². The highest BCUT2D eigenvalue weighted by Gasteiger charge is 2.44. The van der Waals surface area contributed by atoms with Gasteiger partial charge in [0.25, 0.3) is 5.91 Å². The van der Waals surface area contributed by atoms with Gasteiger partial charge in [0.1, 0.15) is 17.0 Å². The number of fused-ring (bicyclic) bond motifs is 1. The molecule has 0 bridgehead atoms. The van der Waals surface area contributed by atoms with Gasteiger partial charge in [0.2, 0.25) is 9.04 Å². The summed E-state index contributed by atoms with van der Waals surface area (Å²) in [6.07, 6.45) is 7.85. The Hall–Kier alpha value is -2.59. The molecule has 2 unspecified atom stereocenters. The molecule has 1 saturated heterocycles. The summed E-state index contributed by atoms with van der Waals surface area (Å²) in [6, 6.07) is 6.03. The van der Waals surface area contributed by atoms with Crippen LogP contribution in [0.25, 0.3) is 11.7 Å². The molecule has 1 amide bonds. The third-order valence-corrected chi connectivity index (χ3v) is 12.1. The number of nitrogens with zero attached hydrogens (tertiary/aromatic N) is 3. The Balaban J connectivity index is 1.06. The molecule has 247 valence electrons. The van der Waals surface area contributed by atoms with Crippen LogP contribution in [0, 0.1) is 26.7 Å². The van der Waals surface area contributed by atoms with E-state index in [0.29, 0.717) is 12.5 Å². The first-order chi connectivity index (χ1) is 21.7. The molecular formula is C37H51N4O3SSi. The molecule has 1 fully saturated rings. The minimum atomic E-state index is -0.904. The average molecular weight is 660 g/mol. The maximum Gasteiger partial charge on any atom is 0.258 e. The molecule has 0 saturated carbocycles. The van der Waals surface area contributed by atoms with Crippen molar-refractivity contribution in [3.05, 3.63) is 62.8 Å². The normalized spacial score (nSPS) is 22.1. The van der Waals surface area contributed by atoms with Gasteiger partial charge in [0.05, 0.1) is 27.9 Å². The predicted molar refractivity (Wildman–Crippen MR) is 190 cm³/mol. The van der Waals surface area contributed by atoms with E-state index in [1.54, 1.807) is 0 Å². The van der Waals surface area contributed by atoms with E-state index < -0.39 is 9.04 Å². The van der Waals surface area contributed by atoms with Crippen molar-refractivity contribution in [2.75, 3.05) is 26.2 Å². The van der Waals surface area contributed by atoms with Crippen molar-refractivity contribution < 1.29 is 14.0 Å². The van der Waals surface area contributed by atoms with E-state index in [4.69, 9.17) is 9.16 Å². The fraction of sp³-hybridized carbons (Fsp3) is 0.568. The third kappa shape index (κ3) is 6.45. The zero-order valence-corrected chi connectivity index (χ0v) is 31.0. The number of hydrogen-bond acceptors (Lipinski definition) is 6. The Morgan fingerprint density at radius 3 is 2.59 bits per heavy atom. The number of pyridine rings is 1. The van der Waals surface area contributed by atoms with Crippen LogP contribution >= 0.6 is 11.8 Å². The Morgan fingerprint density at radius 2 is 1.89 bits per heavy atom. The molecule has 2 aromatic heterocycles. The first kappa shape index (κ1) is 33.3. The molecule has 0 spiro atoms. The SMILES string of the molecule is Cc1c(C)c(C(C)(C)C)c(C)c2c1OC(C)(CCN1CCC(CNC(=O)C3=Cc4cnc5cccc(n45)S3)CC1)C(O[Si](C)C)C2. The van der Waals surface area contributed by atoms with Crippen LogP contribution in [0.4, 0.5) is 0 Å². The highest BCUT2D eigenvalue weighted by Crippen LogP contribution is 2.46. The predicted octanol–water partition coefficient (Wildman–Crippen LogP) is 7.25. The van der Waals surface area contributed by atoms with E-state index in [1.165, 1.54) is 39.6 Å². The summed E-state index contributed by atoms with van der Waals surface area (Å²) in [6.45, 7) is 24.3. The second-order valence-corrected chi connectivity index (χ2v) is 18.2. The lowest BCUT2D eigenvalue weighted by atomic mass is 9.75. The van der Waals surface area contributed by atoms with Gasteiger partial charge in [-0.1, -0.05) is 38.6 Å². The number of rotatable bonds is 8. The number of likely N-dealkylation sites (tertiary alicyclic amines) is 1. The van der Waals surface area contributed by atoms with E-state index in [-0.39, 0.29) is 23.0 Å². The Morgan fingerprint density at radius 1 is 1.15 bits per heavy atom. The number of aromatic nitrogens is 2. The third-order valence-electron chi connectivity index (χ3n) is 10.3. The average Bonchev–Trinajstić information content (AvgIpc) is 3.42. The van der Waals surface area contributed by atoms with Crippen molar-refractivity contribution in [2.24, 2.45) is 5.92 Å². The van der Waals surface area contributed by atoms with E-state index >= 15 is 0 Å². The summed E-state index contributed by atoms with van der Waals surface area (Å²) < 4.78 is 15.9. The molecular weight excluding hydrogens is 609 g/mol. The Kier molecular flexibility index (Phi) is 9.26. The standard InChI is InChI=1S/C37H51N4O3SSi/c1-23-24(2)34-28(25(3)33(23)36(4,5)6)20-30(44-46(8)9)37(7,43-34)15-18-40-16-13-26(14-17-40)21-39-35(42)29-19-27-22-38-31-11-10-12-32(45-29)41(27)31/h10-12,19,22,26,30H,13-18,20-21H2,1-9H3,(H,39,42). The van der Waals surface area contributed by atoms with Crippen LogP contribution in [0.1, 0.15) is 80.5 Å². The molecule has 6 rings (SSSR count). The molecule has 1 aromatic carbocycles. The molecule has 3 aliphatic rings. The molecule has 0 aliphatic carbocycles. The number of carbonyl (C=O) groups excluding carboxylic acids is 1. The molecule has 1 N–H and O–H groups in total. The molecule has 5 heterocycles. The number of thioether (sulfide) groups is 1. The zero-order valence-electron chi connectivity index (χ0n) is 29.2. The number of amides is 1. The van der Waals surface area contributed by atoms with Gasteiger partial charge in [-0.3, -0.25) is 9.20 Å². The summed E-state index contributed by atoms with van der Waals surface area (Å²) >= 11 is 1.52. The summed E-state index contributed by atoms with van der Waals surface area (Å²) in [5, 5.41) is 4.26. The largest absolute Gasteiger partial charge is 0.484 e. The quantitative estimate of drug-likeness (QED) is 0.257. The number of ether oxygens (including phenoxy) is 1. The van der Waals surface area contributed by atoms with Crippen molar-refractivity contribution >= 4 is 38.4 Å². The number of piperidine rings is 1. The van der Waals surface area contributed by atoms with Gasteiger partial charge in [-0.2, -0.15) is 0 Å². The van der Waals surface area contributed by atoms with Crippen molar-refractivity contribution in [3.8, 4) is 5.75 Å². The Labute approximate surface area is 281 Å². The smallest absolute Gasteiger partial charge is 0.258 e. The lowest BCUT2D eigenvalue weighted by Gasteiger charge is -2.46. The van der Waals surface area contributed by atoms with Crippen LogP contribution in [0.3, 0.4) is 0 Å². The van der Waals surface area contributed by atoms with Crippen LogP contribution < -0.4 is 10.1 Å².